The van der Waals surface area contributed by atoms with E-state index in [1.165, 1.54) is 6.42 Å². The molecule has 2 rings (SSSR count). The standard InChI is InChI=1S/C19H32N4O/c1-14(2)12-23-9-8-15(13-23)10-21-18(24)16-6-7-17(20-11-16)22-19(3,4)5/h6-7,11,14-15H,8-10,12-13H2,1-5H3,(H,20,22)(H,21,24)/t15-/m0/s1. The van der Waals surface area contributed by atoms with Crippen molar-refractivity contribution in [3.63, 3.8) is 0 Å². The number of likely N-dealkylation sites (tertiary alicyclic amines) is 1. The van der Waals surface area contributed by atoms with Crippen LogP contribution in [-0.2, 0) is 0 Å². The highest BCUT2D eigenvalue weighted by atomic mass is 16.1. The summed E-state index contributed by atoms with van der Waals surface area (Å²) >= 11 is 0. The molecule has 5 nitrogen and oxygen atoms in total. The number of amides is 1. The highest BCUT2D eigenvalue weighted by Gasteiger charge is 2.23. The van der Waals surface area contributed by atoms with E-state index >= 15 is 0 Å². The van der Waals surface area contributed by atoms with Gasteiger partial charge in [0.15, 0.2) is 0 Å². The van der Waals surface area contributed by atoms with Crippen molar-refractivity contribution in [2.24, 2.45) is 11.8 Å². The number of anilines is 1. The molecular formula is C19H32N4O. The molecule has 0 aliphatic carbocycles. The Morgan fingerprint density at radius 1 is 1.38 bits per heavy atom. The van der Waals surface area contributed by atoms with Crippen LogP contribution in [0, 0.1) is 11.8 Å². The molecule has 1 aromatic rings. The summed E-state index contributed by atoms with van der Waals surface area (Å²) in [5.74, 6) is 2.01. The number of carbonyl (C=O) groups excluding carboxylic acids is 1. The van der Waals surface area contributed by atoms with Gasteiger partial charge in [-0.2, -0.15) is 0 Å². The number of rotatable bonds is 6. The lowest BCUT2D eigenvalue weighted by Gasteiger charge is -2.21. The Bertz CT molecular complexity index is 533. The minimum Gasteiger partial charge on any atom is -0.365 e. The maximum atomic E-state index is 12.3. The lowest BCUT2D eigenvalue weighted by molar-refractivity contribution is 0.0947. The van der Waals surface area contributed by atoms with Gasteiger partial charge < -0.3 is 15.5 Å². The van der Waals surface area contributed by atoms with E-state index in [-0.39, 0.29) is 11.4 Å². The Morgan fingerprint density at radius 3 is 2.71 bits per heavy atom. The van der Waals surface area contributed by atoms with Gasteiger partial charge in [0.1, 0.15) is 5.82 Å². The third-order valence-electron chi connectivity index (χ3n) is 4.07. The normalized spacial score (nSPS) is 18.8. The third-order valence-corrected chi connectivity index (χ3v) is 4.07. The highest BCUT2D eigenvalue weighted by Crippen LogP contribution is 2.17. The molecule has 0 aromatic carbocycles. The fourth-order valence-electron chi connectivity index (χ4n) is 3.09. The van der Waals surface area contributed by atoms with E-state index in [0.717, 1.165) is 32.0 Å². The summed E-state index contributed by atoms with van der Waals surface area (Å²) in [6.07, 6.45) is 2.81. The van der Waals surface area contributed by atoms with Gasteiger partial charge in [-0.15, -0.1) is 0 Å². The van der Waals surface area contributed by atoms with Gasteiger partial charge in [-0.05, 0) is 57.7 Å². The summed E-state index contributed by atoms with van der Waals surface area (Å²) in [6, 6.07) is 3.69. The van der Waals surface area contributed by atoms with Gasteiger partial charge >= 0.3 is 0 Å². The van der Waals surface area contributed by atoms with Gasteiger partial charge in [0.2, 0.25) is 0 Å². The topological polar surface area (TPSA) is 57.3 Å². The average molecular weight is 332 g/mol. The molecule has 24 heavy (non-hydrogen) atoms. The molecule has 0 radical (unpaired) electrons. The van der Waals surface area contributed by atoms with Crippen LogP contribution in [0.5, 0.6) is 0 Å². The van der Waals surface area contributed by atoms with E-state index in [1.807, 2.05) is 12.1 Å². The predicted molar refractivity (Wildman–Crippen MR) is 99.3 cm³/mol. The molecule has 1 amide bonds. The van der Waals surface area contributed by atoms with Crippen molar-refractivity contribution < 1.29 is 4.79 Å². The summed E-state index contributed by atoms with van der Waals surface area (Å²) in [7, 11) is 0. The zero-order chi connectivity index (χ0) is 17.7. The van der Waals surface area contributed by atoms with Gasteiger partial charge in [-0.25, -0.2) is 4.98 Å². The van der Waals surface area contributed by atoms with E-state index in [2.05, 4.69) is 55.1 Å². The molecule has 1 aliphatic heterocycles. The van der Waals surface area contributed by atoms with Crippen LogP contribution in [0.4, 0.5) is 5.82 Å². The van der Waals surface area contributed by atoms with E-state index in [1.54, 1.807) is 6.20 Å². The molecule has 1 fully saturated rings. The van der Waals surface area contributed by atoms with Crippen LogP contribution in [-0.4, -0.2) is 47.5 Å². The Kier molecular flexibility index (Phi) is 6.21. The molecule has 134 valence electrons. The molecule has 0 spiro atoms. The average Bonchev–Trinajstić information content (AvgIpc) is 2.90. The summed E-state index contributed by atoms with van der Waals surface area (Å²) in [5, 5.41) is 6.35. The quantitative estimate of drug-likeness (QED) is 0.841. The van der Waals surface area contributed by atoms with Crippen molar-refractivity contribution >= 4 is 11.7 Å². The van der Waals surface area contributed by atoms with E-state index in [9.17, 15) is 4.79 Å². The molecule has 0 unspecified atom stereocenters. The van der Waals surface area contributed by atoms with Crippen LogP contribution in [0.1, 0.15) is 51.4 Å². The summed E-state index contributed by atoms with van der Waals surface area (Å²) < 4.78 is 0. The van der Waals surface area contributed by atoms with E-state index < -0.39 is 0 Å². The number of pyridine rings is 1. The number of hydrogen-bond donors (Lipinski definition) is 2. The number of aromatic nitrogens is 1. The summed E-state index contributed by atoms with van der Waals surface area (Å²) in [5.41, 5.74) is 0.577. The number of nitrogens with zero attached hydrogens (tertiary/aromatic N) is 2. The van der Waals surface area contributed by atoms with Crippen LogP contribution >= 0.6 is 0 Å². The second kappa shape index (κ2) is 7.97. The van der Waals surface area contributed by atoms with E-state index in [0.29, 0.717) is 17.4 Å². The van der Waals surface area contributed by atoms with Gasteiger partial charge in [0, 0.05) is 31.4 Å². The molecule has 2 N–H and O–H groups in total. The van der Waals surface area contributed by atoms with Crippen LogP contribution < -0.4 is 10.6 Å². The molecule has 0 saturated carbocycles. The van der Waals surface area contributed by atoms with Crippen LogP contribution in [0.25, 0.3) is 0 Å². The third kappa shape index (κ3) is 6.11. The fourth-order valence-corrected chi connectivity index (χ4v) is 3.09. The molecule has 2 heterocycles. The Morgan fingerprint density at radius 2 is 2.12 bits per heavy atom. The molecule has 0 bridgehead atoms. The van der Waals surface area contributed by atoms with Crippen molar-refractivity contribution in [1.82, 2.24) is 15.2 Å². The summed E-state index contributed by atoms with van der Waals surface area (Å²) in [4.78, 5) is 19.1. The first-order valence-electron chi connectivity index (χ1n) is 8.98. The zero-order valence-corrected chi connectivity index (χ0v) is 15.7. The monoisotopic (exact) mass is 332 g/mol. The predicted octanol–water partition coefficient (Wildman–Crippen LogP) is 3.00. The minimum atomic E-state index is -0.0406. The smallest absolute Gasteiger partial charge is 0.252 e. The van der Waals surface area contributed by atoms with Gasteiger partial charge in [0.05, 0.1) is 5.56 Å². The van der Waals surface area contributed by atoms with Gasteiger partial charge in [-0.1, -0.05) is 13.8 Å². The van der Waals surface area contributed by atoms with Crippen LogP contribution in [0.15, 0.2) is 18.3 Å². The van der Waals surface area contributed by atoms with Gasteiger partial charge in [0.25, 0.3) is 5.91 Å². The first kappa shape index (κ1) is 18.7. The van der Waals surface area contributed by atoms with Crippen LogP contribution in [0.3, 0.4) is 0 Å². The first-order chi connectivity index (χ1) is 11.2. The molecule has 1 saturated heterocycles. The fraction of sp³-hybridized carbons (Fsp3) is 0.684. The number of carbonyl (C=O) groups is 1. The Hall–Kier alpha value is -1.62. The second-order valence-corrected chi connectivity index (χ2v) is 8.33. The lowest BCUT2D eigenvalue weighted by Crippen LogP contribution is -2.32. The Balaban J connectivity index is 1.79. The number of hydrogen-bond acceptors (Lipinski definition) is 4. The largest absolute Gasteiger partial charge is 0.365 e. The van der Waals surface area contributed by atoms with E-state index in [4.69, 9.17) is 0 Å². The highest BCUT2D eigenvalue weighted by molar-refractivity contribution is 5.94. The van der Waals surface area contributed by atoms with Crippen molar-refractivity contribution in [3.05, 3.63) is 23.9 Å². The SMILES string of the molecule is CC(C)CN1CC[C@@H](CNC(=O)c2ccc(NC(C)(C)C)nc2)C1. The Labute approximate surface area is 146 Å². The maximum absolute atomic E-state index is 12.3. The zero-order valence-electron chi connectivity index (χ0n) is 15.7. The molecule has 1 aromatic heterocycles. The maximum Gasteiger partial charge on any atom is 0.252 e. The lowest BCUT2D eigenvalue weighted by atomic mass is 10.1. The number of nitrogens with one attached hydrogen (secondary N) is 2. The van der Waals surface area contributed by atoms with Crippen molar-refractivity contribution in [1.29, 1.82) is 0 Å². The molecule has 5 heteroatoms. The van der Waals surface area contributed by atoms with Gasteiger partial charge in [-0.3, -0.25) is 4.79 Å². The van der Waals surface area contributed by atoms with Crippen molar-refractivity contribution in [2.75, 3.05) is 31.5 Å². The minimum absolute atomic E-state index is 0.0351. The molecule has 1 atom stereocenters. The first-order valence-corrected chi connectivity index (χ1v) is 8.98. The van der Waals surface area contributed by atoms with Crippen LogP contribution in [0.2, 0.25) is 0 Å². The summed E-state index contributed by atoms with van der Waals surface area (Å²) in [6.45, 7) is 14.9. The van der Waals surface area contributed by atoms with Crippen molar-refractivity contribution in [3.8, 4) is 0 Å². The van der Waals surface area contributed by atoms with Crippen molar-refractivity contribution in [2.45, 2.75) is 46.6 Å². The second-order valence-electron chi connectivity index (χ2n) is 8.33. The molecular weight excluding hydrogens is 300 g/mol. The molecule has 1 aliphatic rings.